The van der Waals surface area contributed by atoms with Gasteiger partial charge in [0.2, 0.25) is 0 Å². The summed E-state index contributed by atoms with van der Waals surface area (Å²) in [6.07, 6.45) is 3.69. The van der Waals surface area contributed by atoms with Crippen molar-refractivity contribution >= 4 is 15.9 Å². The van der Waals surface area contributed by atoms with Crippen LogP contribution in [0.5, 0.6) is 5.75 Å². The van der Waals surface area contributed by atoms with Crippen molar-refractivity contribution in [1.82, 2.24) is 5.32 Å². The zero-order chi connectivity index (χ0) is 10.5. The molecule has 2 nitrogen and oxygen atoms in total. The highest BCUT2D eigenvalue weighted by atomic mass is 79.9. The summed E-state index contributed by atoms with van der Waals surface area (Å²) in [4.78, 5) is 0. The summed E-state index contributed by atoms with van der Waals surface area (Å²) in [7, 11) is 0. The lowest BCUT2D eigenvalue weighted by atomic mass is 10.2. The van der Waals surface area contributed by atoms with Gasteiger partial charge in [0.05, 0.1) is 11.1 Å². The van der Waals surface area contributed by atoms with Crippen molar-refractivity contribution < 1.29 is 4.74 Å². The third-order valence-corrected chi connectivity index (χ3v) is 3.38. The van der Waals surface area contributed by atoms with Crippen LogP contribution in [0, 0.1) is 0 Å². The number of para-hydroxylation sites is 1. The summed E-state index contributed by atoms with van der Waals surface area (Å²) in [5.74, 6) is 0.940. The van der Waals surface area contributed by atoms with Crippen LogP contribution >= 0.6 is 15.9 Å². The van der Waals surface area contributed by atoms with E-state index in [1.54, 1.807) is 0 Å². The molecule has 0 amide bonds. The van der Waals surface area contributed by atoms with E-state index in [1.807, 2.05) is 24.3 Å². The van der Waals surface area contributed by atoms with Crippen molar-refractivity contribution in [3.63, 3.8) is 0 Å². The quantitative estimate of drug-likeness (QED) is 0.908. The number of rotatable bonds is 4. The van der Waals surface area contributed by atoms with Crippen LogP contribution in [0.4, 0.5) is 0 Å². The molecule has 1 aliphatic heterocycles. The summed E-state index contributed by atoms with van der Waals surface area (Å²) < 4.78 is 6.74. The molecule has 1 aromatic carbocycles. The zero-order valence-electron chi connectivity index (χ0n) is 8.71. The Labute approximate surface area is 99.1 Å². The first-order valence-corrected chi connectivity index (χ1v) is 6.26. The Balaban J connectivity index is 1.75. The minimum Gasteiger partial charge on any atom is -0.492 e. The number of nitrogens with one attached hydrogen (secondary N) is 1. The topological polar surface area (TPSA) is 21.3 Å². The van der Waals surface area contributed by atoms with E-state index in [0.29, 0.717) is 6.04 Å². The van der Waals surface area contributed by atoms with Crippen LogP contribution in [-0.2, 0) is 0 Å². The fraction of sp³-hybridized carbons (Fsp3) is 0.500. The zero-order valence-corrected chi connectivity index (χ0v) is 10.3. The minimum atomic E-state index is 0.660. The van der Waals surface area contributed by atoms with Crippen molar-refractivity contribution in [2.75, 3.05) is 13.2 Å². The summed E-state index contributed by atoms with van der Waals surface area (Å²) in [6.45, 7) is 1.96. The smallest absolute Gasteiger partial charge is 0.133 e. The first-order valence-electron chi connectivity index (χ1n) is 5.47. The van der Waals surface area contributed by atoms with E-state index < -0.39 is 0 Å². The number of hydrogen-bond donors (Lipinski definition) is 1. The van der Waals surface area contributed by atoms with E-state index in [2.05, 4.69) is 21.2 Å². The predicted octanol–water partition coefficient (Wildman–Crippen LogP) is 2.97. The van der Waals surface area contributed by atoms with Gasteiger partial charge in [-0.1, -0.05) is 12.1 Å². The van der Waals surface area contributed by atoms with Gasteiger partial charge in [0.25, 0.3) is 0 Å². The van der Waals surface area contributed by atoms with Crippen LogP contribution in [0.15, 0.2) is 28.7 Å². The van der Waals surface area contributed by atoms with Gasteiger partial charge in [-0.3, -0.25) is 0 Å². The number of hydrogen-bond acceptors (Lipinski definition) is 2. The van der Waals surface area contributed by atoms with Gasteiger partial charge in [-0.25, -0.2) is 0 Å². The van der Waals surface area contributed by atoms with E-state index in [0.717, 1.165) is 23.2 Å². The van der Waals surface area contributed by atoms with Crippen molar-refractivity contribution in [2.24, 2.45) is 0 Å². The average Bonchev–Trinajstić information content (AvgIpc) is 2.74. The normalized spacial score (nSPS) is 20.5. The lowest BCUT2D eigenvalue weighted by molar-refractivity contribution is 0.290. The average molecular weight is 270 g/mol. The molecule has 0 saturated carbocycles. The molecule has 1 saturated heterocycles. The van der Waals surface area contributed by atoms with E-state index in [9.17, 15) is 0 Å². The van der Waals surface area contributed by atoms with E-state index >= 15 is 0 Å². The van der Waals surface area contributed by atoms with Gasteiger partial charge in [-0.2, -0.15) is 0 Å². The van der Waals surface area contributed by atoms with Gasteiger partial charge in [0, 0.05) is 6.04 Å². The first-order chi connectivity index (χ1) is 7.36. The van der Waals surface area contributed by atoms with Gasteiger partial charge in [0.1, 0.15) is 5.75 Å². The Morgan fingerprint density at radius 2 is 2.27 bits per heavy atom. The fourth-order valence-corrected chi connectivity index (χ4v) is 2.28. The molecule has 1 fully saturated rings. The monoisotopic (exact) mass is 269 g/mol. The molecule has 3 heteroatoms. The maximum absolute atomic E-state index is 5.71. The first kappa shape index (κ1) is 11.0. The maximum Gasteiger partial charge on any atom is 0.133 e. The largest absolute Gasteiger partial charge is 0.492 e. The van der Waals surface area contributed by atoms with Crippen molar-refractivity contribution in [3.8, 4) is 5.75 Å². The molecule has 0 bridgehead atoms. The third kappa shape index (κ3) is 3.21. The lowest BCUT2D eigenvalue weighted by Crippen LogP contribution is -2.23. The molecule has 0 radical (unpaired) electrons. The molecule has 0 aromatic heterocycles. The second-order valence-electron chi connectivity index (χ2n) is 3.86. The summed E-state index contributed by atoms with van der Waals surface area (Å²) >= 11 is 3.47. The molecule has 15 heavy (non-hydrogen) atoms. The third-order valence-electron chi connectivity index (χ3n) is 2.72. The molecule has 0 aliphatic carbocycles. The molecule has 1 heterocycles. The minimum absolute atomic E-state index is 0.660. The SMILES string of the molecule is Brc1ccccc1OCCC1CCCN1. The van der Waals surface area contributed by atoms with Gasteiger partial charge >= 0.3 is 0 Å². The van der Waals surface area contributed by atoms with Crippen LogP contribution in [0.1, 0.15) is 19.3 Å². The Kier molecular flexibility index (Phi) is 4.03. The highest BCUT2D eigenvalue weighted by Gasteiger charge is 2.13. The van der Waals surface area contributed by atoms with Crippen molar-refractivity contribution in [1.29, 1.82) is 0 Å². The second kappa shape index (κ2) is 5.52. The van der Waals surface area contributed by atoms with Gasteiger partial charge < -0.3 is 10.1 Å². The number of halogens is 1. The molecule has 1 atom stereocenters. The lowest BCUT2D eigenvalue weighted by Gasteiger charge is -2.11. The summed E-state index contributed by atoms with van der Waals surface area (Å²) in [5.41, 5.74) is 0. The van der Waals surface area contributed by atoms with E-state index in [1.165, 1.54) is 19.4 Å². The van der Waals surface area contributed by atoms with Crippen LogP contribution in [0.25, 0.3) is 0 Å². The standard InChI is InChI=1S/C12H16BrNO/c13-11-5-1-2-6-12(11)15-9-7-10-4-3-8-14-10/h1-2,5-6,10,14H,3-4,7-9H2. The molecular weight excluding hydrogens is 254 g/mol. The van der Waals surface area contributed by atoms with Gasteiger partial charge in [-0.05, 0) is 53.9 Å². The summed E-state index contributed by atoms with van der Waals surface area (Å²) in [6, 6.07) is 8.64. The molecule has 0 spiro atoms. The van der Waals surface area contributed by atoms with E-state index in [4.69, 9.17) is 4.74 Å². The Hall–Kier alpha value is -0.540. The Bertz CT molecular complexity index is 310. The Morgan fingerprint density at radius 1 is 1.40 bits per heavy atom. The predicted molar refractivity (Wildman–Crippen MR) is 65.3 cm³/mol. The number of benzene rings is 1. The van der Waals surface area contributed by atoms with Gasteiger partial charge in [0.15, 0.2) is 0 Å². The molecule has 1 aliphatic rings. The maximum atomic E-state index is 5.71. The highest BCUT2D eigenvalue weighted by molar-refractivity contribution is 9.10. The van der Waals surface area contributed by atoms with Gasteiger partial charge in [-0.15, -0.1) is 0 Å². The van der Waals surface area contributed by atoms with Crippen LogP contribution in [0.3, 0.4) is 0 Å². The fourth-order valence-electron chi connectivity index (χ4n) is 1.88. The van der Waals surface area contributed by atoms with Crippen LogP contribution < -0.4 is 10.1 Å². The number of ether oxygens (including phenoxy) is 1. The van der Waals surface area contributed by atoms with E-state index in [-0.39, 0.29) is 0 Å². The summed E-state index contributed by atoms with van der Waals surface area (Å²) in [5, 5.41) is 3.47. The molecule has 82 valence electrons. The molecular formula is C12H16BrNO. The molecule has 1 aromatic rings. The van der Waals surface area contributed by atoms with Crippen LogP contribution in [0.2, 0.25) is 0 Å². The van der Waals surface area contributed by atoms with Crippen LogP contribution in [-0.4, -0.2) is 19.2 Å². The molecule has 2 rings (SSSR count). The Morgan fingerprint density at radius 3 is 3.00 bits per heavy atom. The van der Waals surface area contributed by atoms with Crippen molar-refractivity contribution in [3.05, 3.63) is 28.7 Å². The highest BCUT2D eigenvalue weighted by Crippen LogP contribution is 2.24. The van der Waals surface area contributed by atoms with Crippen molar-refractivity contribution in [2.45, 2.75) is 25.3 Å². The second-order valence-corrected chi connectivity index (χ2v) is 4.72. The molecule has 1 N–H and O–H groups in total. The molecule has 1 unspecified atom stereocenters.